The van der Waals surface area contributed by atoms with Gasteiger partial charge < -0.3 is 10.5 Å². The molecule has 0 saturated carbocycles. The topological polar surface area (TPSA) is 52.3 Å². The van der Waals surface area contributed by atoms with E-state index in [1.807, 2.05) is 20.8 Å². The molecule has 0 aromatic rings. The number of ketones is 1. The Balaban J connectivity index is 3.64. The van der Waals surface area contributed by atoms with Crippen LogP contribution in [0.1, 0.15) is 20.8 Å². The van der Waals surface area contributed by atoms with Crippen molar-refractivity contribution in [2.75, 3.05) is 13.2 Å². The van der Waals surface area contributed by atoms with Gasteiger partial charge in [0.15, 0.2) is 5.78 Å². The van der Waals surface area contributed by atoms with Gasteiger partial charge in [-0.1, -0.05) is 6.92 Å². The third-order valence-electron chi connectivity index (χ3n) is 1.74. The summed E-state index contributed by atoms with van der Waals surface area (Å²) in [5, 5.41) is 0. The lowest BCUT2D eigenvalue weighted by Gasteiger charge is -2.13. The van der Waals surface area contributed by atoms with Crippen LogP contribution in [-0.4, -0.2) is 25.0 Å². The van der Waals surface area contributed by atoms with Crippen molar-refractivity contribution in [3.05, 3.63) is 0 Å². The Hall–Kier alpha value is -0.410. The number of carbonyl (C=O) groups excluding carboxylic acids is 1. The maximum atomic E-state index is 11.1. The minimum absolute atomic E-state index is 0.0806. The fraction of sp³-hybridized carbons (Fsp3) is 0.875. The first-order chi connectivity index (χ1) is 5.09. The van der Waals surface area contributed by atoms with Crippen molar-refractivity contribution in [1.82, 2.24) is 0 Å². The van der Waals surface area contributed by atoms with Gasteiger partial charge in [-0.3, -0.25) is 4.79 Å². The lowest BCUT2D eigenvalue weighted by Crippen LogP contribution is -2.32. The van der Waals surface area contributed by atoms with Crippen LogP contribution in [-0.2, 0) is 9.53 Å². The highest BCUT2D eigenvalue weighted by Crippen LogP contribution is 2.01. The van der Waals surface area contributed by atoms with E-state index in [1.54, 1.807) is 0 Å². The van der Waals surface area contributed by atoms with Crippen molar-refractivity contribution in [2.24, 2.45) is 11.7 Å². The van der Waals surface area contributed by atoms with Crippen molar-refractivity contribution >= 4 is 5.78 Å². The number of carbonyl (C=O) groups is 1. The normalized spacial score (nSPS) is 16.0. The predicted molar refractivity (Wildman–Crippen MR) is 44.3 cm³/mol. The van der Waals surface area contributed by atoms with Crippen molar-refractivity contribution in [3.8, 4) is 0 Å². The number of nitrogens with two attached hydrogens (primary N) is 1. The number of rotatable bonds is 5. The van der Waals surface area contributed by atoms with E-state index < -0.39 is 0 Å². The Bertz CT molecular complexity index is 123. The van der Waals surface area contributed by atoms with Crippen molar-refractivity contribution in [2.45, 2.75) is 26.8 Å². The van der Waals surface area contributed by atoms with E-state index in [4.69, 9.17) is 10.5 Å². The summed E-state index contributed by atoms with van der Waals surface area (Å²) in [5.41, 5.74) is 5.53. The van der Waals surface area contributed by atoms with Gasteiger partial charge >= 0.3 is 0 Å². The van der Waals surface area contributed by atoms with Gasteiger partial charge in [-0.2, -0.15) is 0 Å². The second kappa shape index (κ2) is 5.27. The van der Waals surface area contributed by atoms with Crippen molar-refractivity contribution < 1.29 is 9.53 Å². The van der Waals surface area contributed by atoms with Crippen LogP contribution in [0.15, 0.2) is 0 Å². The Kier molecular flexibility index (Phi) is 5.07. The average molecular weight is 159 g/mol. The first-order valence-electron chi connectivity index (χ1n) is 3.95. The summed E-state index contributed by atoms with van der Waals surface area (Å²) in [6.45, 7) is 6.29. The van der Waals surface area contributed by atoms with Gasteiger partial charge in [-0.15, -0.1) is 0 Å². The van der Waals surface area contributed by atoms with E-state index in [2.05, 4.69) is 0 Å². The van der Waals surface area contributed by atoms with E-state index in [-0.39, 0.29) is 24.3 Å². The third kappa shape index (κ3) is 4.11. The van der Waals surface area contributed by atoms with Crippen LogP contribution in [0.3, 0.4) is 0 Å². The molecule has 0 saturated heterocycles. The summed E-state index contributed by atoms with van der Waals surface area (Å²) in [6.07, 6.45) is 0. The van der Waals surface area contributed by atoms with Gasteiger partial charge in [0.1, 0.15) is 6.61 Å². The largest absolute Gasteiger partial charge is 0.374 e. The van der Waals surface area contributed by atoms with E-state index in [1.165, 1.54) is 0 Å². The van der Waals surface area contributed by atoms with Gasteiger partial charge in [0.2, 0.25) is 0 Å². The molecule has 0 aromatic heterocycles. The molecule has 0 rings (SSSR count). The molecule has 3 nitrogen and oxygen atoms in total. The highest BCUT2D eigenvalue weighted by Gasteiger charge is 2.16. The van der Waals surface area contributed by atoms with Gasteiger partial charge in [-0.05, 0) is 13.8 Å². The third-order valence-corrected chi connectivity index (χ3v) is 1.74. The number of hydrogen-bond donors (Lipinski definition) is 1. The molecule has 0 aromatic carbocycles. The zero-order chi connectivity index (χ0) is 8.85. The molecule has 0 aliphatic heterocycles. The molecule has 66 valence electrons. The Morgan fingerprint density at radius 1 is 1.55 bits per heavy atom. The lowest BCUT2D eigenvalue weighted by atomic mass is 10.0. The summed E-state index contributed by atoms with van der Waals surface area (Å²) < 4.78 is 4.96. The highest BCUT2D eigenvalue weighted by atomic mass is 16.5. The van der Waals surface area contributed by atoms with E-state index in [0.717, 1.165) is 0 Å². The molecular formula is C8H17NO2. The van der Waals surface area contributed by atoms with E-state index in [9.17, 15) is 4.79 Å². The van der Waals surface area contributed by atoms with Crippen LogP contribution in [0.2, 0.25) is 0 Å². The zero-order valence-electron chi connectivity index (χ0n) is 7.46. The number of ether oxygens (including phenoxy) is 1. The summed E-state index contributed by atoms with van der Waals surface area (Å²) in [5.74, 6) is -0.0107. The maximum absolute atomic E-state index is 11.1. The fourth-order valence-electron chi connectivity index (χ4n) is 0.627. The zero-order valence-corrected chi connectivity index (χ0v) is 7.46. The molecule has 11 heavy (non-hydrogen) atoms. The summed E-state index contributed by atoms with van der Waals surface area (Å²) in [7, 11) is 0. The second-order valence-corrected chi connectivity index (χ2v) is 2.75. The first kappa shape index (κ1) is 10.6. The van der Waals surface area contributed by atoms with Gasteiger partial charge in [0.25, 0.3) is 0 Å². The molecule has 0 amide bonds. The molecule has 0 aliphatic rings. The SMILES string of the molecule is CCOCC(=O)C(C)C(C)N. The van der Waals surface area contributed by atoms with Crippen LogP contribution < -0.4 is 5.73 Å². The Morgan fingerprint density at radius 3 is 2.45 bits per heavy atom. The summed E-state index contributed by atoms with van der Waals surface area (Å²) >= 11 is 0. The first-order valence-corrected chi connectivity index (χ1v) is 3.95. The van der Waals surface area contributed by atoms with Crippen LogP contribution >= 0.6 is 0 Å². The van der Waals surface area contributed by atoms with Crippen LogP contribution in [0.5, 0.6) is 0 Å². The monoisotopic (exact) mass is 159 g/mol. The van der Waals surface area contributed by atoms with E-state index in [0.29, 0.717) is 6.61 Å². The average Bonchev–Trinajstić information content (AvgIpc) is 1.98. The number of Topliss-reactive ketones (excluding diaryl/α,β-unsaturated/α-hetero) is 1. The Morgan fingerprint density at radius 2 is 2.09 bits per heavy atom. The van der Waals surface area contributed by atoms with Gasteiger partial charge in [0.05, 0.1) is 0 Å². The van der Waals surface area contributed by atoms with Crippen LogP contribution in [0.4, 0.5) is 0 Å². The molecule has 2 atom stereocenters. The molecule has 0 aliphatic carbocycles. The quantitative estimate of drug-likeness (QED) is 0.638. The highest BCUT2D eigenvalue weighted by molar-refractivity contribution is 5.82. The molecule has 0 heterocycles. The minimum Gasteiger partial charge on any atom is -0.374 e. The molecule has 3 heteroatoms. The minimum atomic E-state index is -0.0958. The molecule has 0 spiro atoms. The molecule has 0 radical (unpaired) electrons. The molecule has 2 N–H and O–H groups in total. The van der Waals surface area contributed by atoms with Gasteiger partial charge in [0, 0.05) is 18.6 Å². The van der Waals surface area contributed by atoms with Crippen LogP contribution in [0.25, 0.3) is 0 Å². The molecule has 0 fully saturated rings. The van der Waals surface area contributed by atoms with Crippen LogP contribution in [0, 0.1) is 5.92 Å². The van der Waals surface area contributed by atoms with Crippen molar-refractivity contribution in [3.63, 3.8) is 0 Å². The van der Waals surface area contributed by atoms with Gasteiger partial charge in [-0.25, -0.2) is 0 Å². The van der Waals surface area contributed by atoms with E-state index >= 15 is 0 Å². The summed E-state index contributed by atoms with van der Waals surface area (Å²) in [6, 6.07) is -0.0806. The lowest BCUT2D eigenvalue weighted by molar-refractivity contribution is -0.127. The fourth-order valence-corrected chi connectivity index (χ4v) is 0.627. The molecule has 0 bridgehead atoms. The summed E-state index contributed by atoms with van der Waals surface area (Å²) in [4.78, 5) is 11.1. The van der Waals surface area contributed by atoms with Crippen molar-refractivity contribution in [1.29, 1.82) is 0 Å². The molecule has 2 unspecified atom stereocenters. The maximum Gasteiger partial charge on any atom is 0.162 e. The molecular weight excluding hydrogens is 142 g/mol. The smallest absolute Gasteiger partial charge is 0.162 e. The Labute approximate surface area is 67.9 Å². The second-order valence-electron chi connectivity index (χ2n) is 2.75. The predicted octanol–water partition coefficient (Wildman–Crippen LogP) is 0.575. The number of hydrogen-bond acceptors (Lipinski definition) is 3. The standard InChI is InChI=1S/C8H17NO2/c1-4-11-5-8(10)6(2)7(3)9/h6-7H,4-5,9H2,1-3H3.